The number of nitrogens with one attached hydrogen (secondary N) is 1. The first kappa shape index (κ1) is 22.2. The molecule has 0 atom stereocenters. The van der Waals surface area contributed by atoms with E-state index in [9.17, 15) is 19.2 Å². The molecule has 0 bridgehead atoms. The number of rotatable bonds is 7. The van der Waals surface area contributed by atoms with Crippen LogP contribution in [-0.4, -0.2) is 42.3 Å². The van der Waals surface area contributed by atoms with Gasteiger partial charge in [0.05, 0.1) is 37.0 Å². The second kappa shape index (κ2) is 9.25. The third kappa shape index (κ3) is 4.35. The van der Waals surface area contributed by atoms with Gasteiger partial charge in [-0.3, -0.25) is 19.3 Å². The van der Waals surface area contributed by atoms with Gasteiger partial charge in [-0.2, -0.15) is 0 Å². The van der Waals surface area contributed by atoms with Crippen molar-refractivity contribution in [2.45, 2.75) is 13.5 Å². The average molecular weight is 464 g/mol. The summed E-state index contributed by atoms with van der Waals surface area (Å²) in [4.78, 5) is 52.4. The van der Waals surface area contributed by atoms with E-state index in [-0.39, 0.29) is 23.7 Å². The SMILES string of the molecule is CCOC(=O)c1cc(CN2C(=O)c3ccccc3C2=O)sc1NC(=O)c1cccc(OC)c1. The maximum atomic E-state index is 12.8. The Bertz CT molecular complexity index is 1230. The van der Waals surface area contributed by atoms with Crippen molar-refractivity contribution >= 4 is 40.0 Å². The third-order valence-electron chi connectivity index (χ3n) is 5.03. The Morgan fingerprint density at radius 3 is 2.33 bits per heavy atom. The number of imide groups is 1. The number of hydrogen-bond donors (Lipinski definition) is 1. The quantitative estimate of drug-likeness (QED) is 0.419. The van der Waals surface area contributed by atoms with Crippen molar-refractivity contribution in [2.75, 3.05) is 19.0 Å². The fourth-order valence-corrected chi connectivity index (χ4v) is 4.48. The summed E-state index contributed by atoms with van der Waals surface area (Å²) in [6.07, 6.45) is 0. The number of hydrogen-bond acceptors (Lipinski definition) is 7. The standard InChI is InChI=1S/C24H20N2O6S/c1-3-32-24(30)19-12-16(13-26-22(28)17-9-4-5-10-18(17)23(26)29)33-21(19)25-20(27)14-7-6-8-15(11-14)31-2/h4-12H,3,13H2,1-2H3,(H,25,27). The lowest BCUT2D eigenvalue weighted by Crippen LogP contribution is -2.28. The lowest BCUT2D eigenvalue weighted by Gasteiger charge is -2.12. The van der Waals surface area contributed by atoms with Crippen LogP contribution in [0.2, 0.25) is 0 Å². The Balaban J connectivity index is 1.61. The summed E-state index contributed by atoms with van der Waals surface area (Å²) < 4.78 is 10.3. The van der Waals surface area contributed by atoms with Gasteiger partial charge in [-0.25, -0.2) is 4.79 Å². The number of benzene rings is 2. The molecule has 9 heteroatoms. The maximum Gasteiger partial charge on any atom is 0.341 e. The maximum absolute atomic E-state index is 12.8. The Morgan fingerprint density at radius 1 is 1.00 bits per heavy atom. The highest BCUT2D eigenvalue weighted by molar-refractivity contribution is 7.16. The van der Waals surface area contributed by atoms with Crippen molar-refractivity contribution in [3.05, 3.63) is 81.7 Å². The fraction of sp³-hybridized carbons (Fsp3) is 0.167. The molecule has 1 aliphatic heterocycles. The van der Waals surface area contributed by atoms with Gasteiger partial charge in [-0.05, 0) is 43.3 Å². The Kier molecular flexibility index (Phi) is 6.23. The van der Waals surface area contributed by atoms with Gasteiger partial charge in [0.1, 0.15) is 10.8 Å². The van der Waals surface area contributed by atoms with E-state index >= 15 is 0 Å². The van der Waals surface area contributed by atoms with Crippen LogP contribution in [0.25, 0.3) is 0 Å². The first-order valence-corrected chi connectivity index (χ1v) is 10.9. The summed E-state index contributed by atoms with van der Waals surface area (Å²) in [5.74, 6) is -1.32. The Labute approximate surface area is 193 Å². The smallest absolute Gasteiger partial charge is 0.341 e. The minimum atomic E-state index is -0.608. The van der Waals surface area contributed by atoms with Gasteiger partial charge in [0, 0.05) is 10.4 Å². The zero-order valence-electron chi connectivity index (χ0n) is 17.9. The molecular weight excluding hydrogens is 444 g/mol. The van der Waals surface area contributed by atoms with E-state index in [1.165, 1.54) is 13.2 Å². The monoisotopic (exact) mass is 464 g/mol. The molecule has 8 nitrogen and oxygen atoms in total. The van der Waals surface area contributed by atoms with Crippen LogP contribution in [0, 0.1) is 0 Å². The van der Waals surface area contributed by atoms with E-state index in [1.54, 1.807) is 55.5 Å². The van der Waals surface area contributed by atoms with Crippen LogP contribution >= 0.6 is 11.3 Å². The van der Waals surface area contributed by atoms with Crippen LogP contribution in [0.3, 0.4) is 0 Å². The molecule has 1 aromatic heterocycles. The molecule has 168 valence electrons. The topological polar surface area (TPSA) is 102 Å². The second-order valence-electron chi connectivity index (χ2n) is 7.10. The van der Waals surface area contributed by atoms with Gasteiger partial charge < -0.3 is 14.8 Å². The summed E-state index contributed by atoms with van der Waals surface area (Å²) >= 11 is 1.11. The molecule has 3 amide bonds. The number of ether oxygens (including phenoxy) is 2. The van der Waals surface area contributed by atoms with Crippen molar-refractivity contribution in [3.8, 4) is 5.75 Å². The number of nitrogens with zero attached hydrogens (tertiary/aromatic N) is 1. The molecule has 3 aromatic rings. The van der Waals surface area contributed by atoms with Crippen LogP contribution in [0.1, 0.15) is 53.2 Å². The molecule has 0 radical (unpaired) electrons. The number of esters is 1. The van der Waals surface area contributed by atoms with Gasteiger partial charge in [0.2, 0.25) is 0 Å². The highest BCUT2D eigenvalue weighted by atomic mass is 32.1. The van der Waals surface area contributed by atoms with Gasteiger partial charge >= 0.3 is 5.97 Å². The number of anilines is 1. The molecule has 0 unspecified atom stereocenters. The average Bonchev–Trinajstić information content (AvgIpc) is 3.33. The van der Waals surface area contributed by atoms with Crippen molar-refractivity contribution in [3.63, 3.8) is 0 Å². The third-order valence-corrected chi connectivity index (χ3v) is 6.06. The van der Waals surface area contributed by atoms with Crippen LogP contribution in [0.4, 0.5) is 5.00 Å². The number of amides is 3. The molecule has 0 saturated heterocycles. The van der Waals surface area contributed by atoms with Gasteiger partial charge in [0.25, 0.3) is 17.7 Å². The molecule has 4 rings (SSSR count). The van der Waals surface area contributed by atoms with E-state index in [2.05, 4.69) is 5.32 Å². The minimum Gasteiger partial charge on any atom is -0.497 e. The summed E-state index contributed by atoms with van der Waals surface area (Å²) in [7, 11) is 1.50. The summed E-state index contributed by atoms with van der Waals surface area (Å²) in [6, 6.07) is 14.7. The van der Waals surface area contributed by atoms with Crippen molar-refractivity contribution < 1.29 is 28.7 Å². The normalized spacial score (nSPS) is 12.5. The number of fused-ring (bicyclic) bond motifs is 1. The highest BCUT2D eigenvalue weighted by Crippen LogP contribution is 2.33. The molecule has 0 fully saturated rings. The molecule has 2 aromatic carbocycles. The first-order chi connectivity index (χ1) is 15.9. The largest absolute Gasteiger partial charge is 0.497 e. The lowest BCUT2D eigenvalue weighted by atomic mass is 10.1. The highest BCUT2D eigenvalue weighted by Gasteiger charge is 2.35. The molecule has 1 N–H and O–H groups in total. The van der Waals surface area contributed by atoms with E-state index in [0.29, 0.717) is 27.3 Å². The van der Waals surface area contributed by atoms with Crippen molar-refractivity contribution in [2.24, 2.45) is 0 Å². The van der Waals surface area contributed by atoms with Crippen LogP contribution in [-0.2, 0) is 11.3 Å². The molecule has 33 heavy (non-hydrogen) atoms. The minimum absolute atomic E-state index is 0.0293. The number of carbonyl (C=O) groups excluding carboxylic acids is 4. The van der Waals surface area contributed by atoms with Crippen LogP contribution in [0.15, 0.2) is 54.6 Å². The zero-order valence-corrected chi connectivity index (χ0v) is 18.7. The summed E-state index contributed by atoms with van der Waals surface area (Å²) in [5.41, 5.74) is 1.19. The molecular formula is C24H20N2O6S. The van der Waals surface area contributed by atoms with E-state index in [1.807, 2.05) is 0 Å². The molecule has 0 saturated carbocycles. The molecule has 0 spiro atoms. The van der Waals surface area contributed by atoms with Crippen LogP contribution < -0.4 is 10.1 Å². The summed E-state index contributed by atoms with van der Waals surface area (Å²) in [6.45, 7) is 1.81. The Morgan fingerprint density at radius 2 is 1.70 bits per heavy atom. The Hall–Kier alpha value is -3.98. The lowest BCUT2D eigenvalue weighted by molar-refractivity contribution is 0.0527. The fourth-order valence-electron chi connectivity index (χ4n) is 3.45. The van der Waals surface area contributed by atoms with Gasteiger partial charge in [-0.15, -0.1) is 11.3 Å². The van der Waals surface area contributed by atoms with Crippen molar-refractivity contribution in [1.82, 2.24) is 4.90 Å². The zero-order chi connectivity index (χ0) is 23.5. The van der Waals surface area contributed by atoms with E-state index in [0.717, 1.165) is 16.2 Å². The molecule has 0 aliphatic carbocycles. The predicted molar refractivity (Wildman–Crippen MR) is 122 cm³/mol. The van der Waals surface area contributed by atoms with Gasteiger partial charge in [-0.1, -0.05) is 18.2 Å². The molecule has 1 aliphatic rings. The number of thiophene rings is 1. The van der Waals surface area contributed by atoms with Gasteiger partial charge in [0.15, 0.2) is 0 Å². The second-order valence-corrected chi connectivity index (χ2v) is 8.24. The predicted octanol–water partition coefficient (Wildman–Crippen LogP) is 3.98. The van der Waals surface area contributed by atoms with E-state index < -0.39 is 23.7 Å². The van der Waals surface area contributed by atoms with E-state index in [4.69, 9.17) is 9.47 Å². The number of carbonyl (C=O) groups is 4. The first-order valence-electron chi connectivity index (χ1n) is 10.1. The van der Waals surface area contributed by atoms with Crippen LogP contribution in [0.5, 0.6) is 5.75 Å². The molecule has 2 heterocycles. The van der Waals surface area contributed by atoms with Crippen molar-refractivity contribution in [1.29, 1.82) is 0 Å². The number of methoxy groups -OCH3 is 1. The summed E-state index contributed by atoms with van der Waals surface area (Å²) in [5, 5.41) is 3.01.